The molecule has 0 atom stereocenters. The minimum Gasteiger partial charge on any atom is -0.466 e. The number of ether oxygens (including phenoxy) is 1. The molecule has 3 rings (SSSR count). The molecule has 0 aliphatic carbocycles. The van der Waals surface area contributed by atoms with Crippen LogP contribution in [0.1, 0.15) is 24.8 Å². The smallest absolute Gasteiger partial charge is 0.306 e. The largest absolute Gasteiger partial charge is 0.466 e. The number of halogens is 3. The topological polar surface area (TPSA) is 59.5 Å². The number of aromatic nitrogens is 1. The zero-order valence-corrected chi connectivity index (χ0v) is 16.3. The Bertz CT molecular complexity index is 1040. The fraction of sp³-hybridized carbons (Fsp3) is 0.250. The second kappa shape index (κ2) is 9.04. The van der Waals surface area contributed by atoms with Crippen molar-refractivity contribution in [1.29, 1.82) is 0 Å². The summed E-state index contributed by atoms with van der Waals surface area (Å²) in [6.07, 6.45) is -0.228. The number of esters is 1. The number of hydrogen-bond acceptors (Lipinski definition) is 5. The predicted octanol–water partition coefficient (Wildman–Crippen LogP) is 4.59. The van der Waals surface area contributed by atoms with E-state index in [1.165, 1.54) is 29.2 Å². The van der Waals surface area contributed by atoms with Crippen LogP contribution in [0.2, 0.25) is 0 Å². The quantitative estimate of drug-likeness (QED) is 0.523. The van der Waals surface area contributed by atoms with Crippen molar-refractivity contribution in [2.45, 2.75) is 26.3 Å². The highest BCUT2D eigenvalue weighted by Gasteiger charge is 2.20. The Kier molecular flexibility index (Phi) is 6.48. The van der Waals surface area contributed by atoms with E-state index in [9.17, 15) is 22.8 Å². The maximum Gasteiger partial charge on any atom is 0.306 e. The van der Waals surface area contributed by atoms with E-state index in [-0.39, 0.29) is 36.2 Å². The molecule has 0 radical (unpaired) electrons. The maximum atomic E-state index is 14.0. The predicted molar refractivity (Wildman–Crippen MR) is 103 cm³/mol. The summed E-state index contributed by atoms with van der Waals surface area (Å²) >= 11 is 0.996. The van der Waals surface area contributed by atoms with Crippen LogP contribution in [-0.4, -0.2) is 23.5 Å². The van der Waals surface area contributed by atoms with Crippen molar-refractivity contribution in [1.82, 2.24) is 4.98 Å². The van der Waals surface area contributed by atoms with Crippen LogP contribution in [-0.2, 0) is 20.9 Å². The standard InChI is InChI=1S/C20H17F3N2O3S/c1-2-28-19(27)8-7-18(26)25(14-5-3-12(21)4-6-14)11-17-24-16-10-13(22)9-15(23)20(16)29-17/h3-6,9-10H,2,7-8,11H2,1H3. The first-order valence-corrected chi connectivity index (χ1v) is 9.65. The van der Waals surface area contributed by atoms with Gasteiger partial charge in [0, 0.05) is 24.2 Å². The van der Waals surface area contributed by atoms with Gasteiger partial charge in [0.25, 0.3) is 0 Å². The number of anilines is 1. The van der Waals surface area contributed by atoms with Crippen molar-refractivity contribution < 1.29 is 27.5 Å². The first-order valence-electron chi connectivity index (χ1n) is 8.83. The fourth-order valence-electron chi connectivity index (χ4n) is 2.73. The third-order valence-electron chi connectivity index (χ3n) is 4.03. The van der Waals surface area contributed by atoms with Crippen LogP contribution in [0.4, 0.5) is 18.9 Å². The summed E-state index contributed by atoms with van der Waals surface area (Å²) in [6.45, 7) is 1.84. The van der Waals surface area contributed by atoms with Gasteiger partial charge in [-0.05, 0) is 31.2 Å². The third-order valence-corrected chi connectivity index (χ3v) is 5.10. The zero-order chi connectivity index (χ0) is 21.0. The number of hydrogen-bond donors (Lipinski definition) is 0. The van der Waals surface area contributed by atoms with E-state index >= 15 is 0 Å². The van der Waals surface area contributed by atoms with E-state index in [2.05, 4.69) is 4.98 Å². The maximum absolute atomic E-state index is 14.0. The number of fused-ring (bicyclic) bond motifs is 1. The summed E-state index contributed by atoms with van der Waals surface area (Å²) in [7, 11) is 0. The van der Waals surface area contributed by atoms with Crippen LogP contribution in [0.5, 0.6) is 0 Å². The molecule has 29 heavy (non-hydrogen) atoms. The van der Waals surface area contributed by atoms with Gasteiger partial charge < -0.3 is 9.64 Å². The summed E-state index contributed by atoms with van der Waals surface area (Å²) in [5.74, 6) is -2.85. The number of nitrogens with zero attached hydrogens (tertiary/aromatic N) is 2. The van der Waals surface area contributed by atoms with Crippen molar-refractivity contribution in [3.8, 4) is 0 Å². The van der Waals surface area contributed by atoms with Crippen LogP contribution >= 0.6 is 11.3 Å². The van der Waals surface area contributed by atoms with E-state index in [4.69, 9.17) is 4.74 Å². The molecular formula is C20H17F3N2O3S. The van der Waals surface area contributed by atoms with Crippen LogP contribution in [0, 0.1) is 17.5 Å². The highest BCUT2D eigenvalue weighted by atomic mass is 32.1. The fourth-order valence-corrected chi connectivity index (χ4v) is 3.67. The molecule has 3 aromatic rings. The molecule has 1 amide bonds. The molecule has 0 bridgehead atoms. The summed E-state index contributed by atoms with van der Waals surface area (Å²) in [6, 6.07) is 7.13. The van der Waals surface area contributed by atoms with Gasteiger partial charge in [-0.15, -0.1) is 11.3 Å². The van der Waals surface area contributed by atoms with Gasteiger partial charge >= 0.3 is 5.97 Å². The minimum atomic E-state index is -0.743. The third kappa shape index (κ3) is 5.11. The second-order valence-electron chi connectivity index (χ2n) is 6.10. The summed E-state index contributed by atoms with van der Waals surface area (Å²) in [4.78, 5) is 29.8. The zero-order valence-electron chi connectivity index (χ0n) is 15.5. The highest BCUT2D eigenvalue weighted by Crippen LogP contribution is 2.28. The van der Waals surface area contributed by atoms with E-state index in [1.54, 1.807) is 6.92 Å². The molecule has 1 aromatic heterocycles. The van der Waals surface area contributed by atoms with Crippen LogP contribution in [0.15, 0.2) is 36.4 Å². The Labute approximate surface area is 168 Å². The van der Waals surface area contributed by atoms with Gasteiger partial charge in [-0.1, -0.05) is 0 Å². The van der Waals surface area contributed by atoms with Gasteiger partial charge in [0.1, 0.15) is 22.5 Å². The number of rotatable bonds is 7. The number of amides is 1. The minimum absolute atomic E-state index is 0.0340. The Morgan fingerprint density at radius 2 is 1.79 bits per heavy atom. The molecule has 0 aliphatic rings. The van der Waals surface area contributed by atoms with Gasteiger partial charge in [-0.2, -0.15) is 0 Å². The van der Waals surface area contributed by atoms with E-state index in [0.29, 0.717) is 10.7 Å². The molecule has 5 nitrogen and oxygen atoms in total. The van der Waals surface area contributed by atoms with Crippen LogP contribution < -0.4 is 4.90 Å². The molecule has 0 fully saturated rings. The van der Waals surface area contributed by atoms with Gasteiger partial charge in [-0.3, -0.25) is 9.59 Å². The van der Waals surface area contributed by atoms with Crippen molar-refractivity contribution in [2.24, 2.45) is 0 Å². The van der Waals surface area contributed by atoms with Crippen LogP contribution in [0.3, 0.4) is 0 Å². The van der Waals surface area contributed by atoms with Crippen molar-refractivity contribution in [2.75, 3.05) is 11.5 Å². The lowest BCUT2D eigenvalue weighted by Gasteiger charge is -2.21. The molecule has 0 saturated heterocycles. The summed E-state index contributed by atoms with van der Waals surface area (Å²) < 4.78 is 45.7. The number of carbonyl (C=O) groups is 2. The molecule has 0 saturated carbocycles. The van der Waals surface area contributed by atoms with Crippen molar-refractivity contribution >= 4 is 39.1 Å². The summed E-state index contributed by atoms with van der Waals surface area (Å²) in [5.41, 5.74) is 0.548. The SMILES string of the molecule is CCOC(=O)CCC(=O)N(Cc1nc2cc(F)cc(F)c2s1)c1ccc(F)cc1. The first kappa shape index (κ1) is 20.8. The Morgan fingerprint density at radius 1 is 1.07 bits per heavy atom. The molecule has 1 heterocycles. The lowest BCUT2D eigenvalue weighted by Crippen LogP contribution is -2.30. The van der Waals surface area contributed by atoms with E-state index < -0.39 is 29.3 Å². The van der Waals surface area contributed by atoms with Crippen molar-refractivity contribution in [3.05, 3.63) is 58.9 Å². The monoisotopic (exact) mass is 422 g/mol. The summed E-state index contributed by atoms with van der Waals surface area (Å²) in [5, 5.41) is 0.373. The molecule has 152 valence electrons. The average molecular weight is 422 g/mol. The molecule has 0 N–H and O–H groups in total. The van der Waals surface area contributed by atoms with Crippen LogP contribution in [0.25, 0.3) is 10.2 Å². The Morgan fingerprint density at radius 3 is 2.48 bits per heavy atom. The normalized spacial score (nSPS) is 10.9. The van der Waals surface area contributed by atoms with Gasteiger partial charge in [0.05, 0.1) is 29.8 Å². The number of benzene rings is 2. The number of thiazole rings is 1. The first-order chi connectivity index (χ1) is 13.9. The molecule has 0 unspecified atom stereocenters. The molecular weight excluding hydrogens is 405 g/mol. The average Bonchev–Trinajstić information content (AvgIpc) is 3.08. The second-order valence-corrected chi connectivity index (χ2v) is 7.19. The van der Waals surface area contributed by atoms with Gasteiger partial charge in [0.2, 0.25) is 5.91 Å². The Hall–Kier alpha value is -2.94. The highest BCUT2D eigenvalue weighted by molar-refractivity contribution is 7.18. The molecule has 2 aromatic carbocycles. The van der Waals surface area contributed by atoms with Crippen molar-refractivity contribution in [3.63, 3.8) is 0 Å². The van der Waals surface area contributed by atoms with E-state index in [0.717, 1.165) is 23.5 Å². The molecule has 0 aliphatic heterocycles. The van der Waals surface area contributed by atoms with Gasteiger partial charge in [-0.25, -0.2) is 18.2 Å². The molecule has 0 spiro atoms. The van der Waals surface area contributed by atoms with E-state index in [1.807, 2.05) is 0 Å². The lowest BCUT2D eigenvalue weighted by atomic mass is 10.2. The Balaban J connectivity index is 1.86. The number of carbonyl (C=O) groups excluding carboxylic acids is 2. The lowest BCUT2D eigenvalue weighted by molar-refractivity contribution is -0.144. The molecule has 9 heteroatoms. The van der Waals surface area contributed by atoms with Gasteiger partial charge in [0.15, 0.2) is 0 Å².